The van der Waals surface area contributed by atoms with E-state index in [1.165, 1.54) is 0 Å². The Hall–Kier alpha value is -0.650. The molecule has 1 aliphatic heterocycles. The minimum absolute atomic E-state index is 0.0628. The largest absolute Gasteiger partial charge is 0.379 e. The topological polar surface area (TPSA) is 67.6 Å². The van der Waals surface area contributed by atoms with Gasteiger partial charge < -0.3 is 15.8 Å². The molecule has 1 amide bonds. The first kappa shape index (κ1) is 16.4. The molecule has 2 unspecified atom stereocenters. The van der Waals surface area contributed by atoms with Crippen molar-refractivity contribution in [2.24, 2.45) is 17.6 Å². The third-order valence-electron chi connectivity index (χ3n) is 3.44. The molecule has 112 valence electrons. The van der Waals surface area contributed by atoms with Crippen molar-refractivity contribution in [3.05, 3.63) is 0 Å². The highest BCUT2D eigenvalue weighted by Crippen LogP contribution is 2.11. The summed E-state index contributed by atoms with van der Waals surface area (Å²) < 4.78 is 5.32. The second kappa shape index (κ2) is 8.51. The molecule has 3 N–H and O–H groups in total. The number of nitrogens with two attached hydrogens (primary N) is 1. The maximum absolute atomic E-state index is 12.1. The van der Waals surface area contributed by atoms with Crippen LogP contribution in [0.5, 0.6) is 0 Å². The van der Waals surface area contributed by atoms with E-state index in [9.17, 15) is 4.79 Å². The van der Waals surface area contributed by atoms with Crippen LogP contribution < -0.4 is 11.1 Å². The average molecular weight is 271 g/mol. The number of hydrogen-bond acceptors (Lipinski definition) is 4. The van der Waals surface area contributed by atoms with Gasteiger partial charge in [-0.25, -0.2) is 0 Å². The molecule has 1 saturated heterocycles. The highest BCUT2D eigenvalue weighted by atomic mass is 16.5. The molecule has 5 nitrogen and oxygen atoms in total. The quantitative estimate of drug-likeness (QED) is 0.705. The molecular formula is C14H29N3O2. The molecule has 0 spiro atoms. The maximum Gasteiger partial charge on any atom is 0.224 e. The number of carbonyl (C=O) groups is 1. The van der Waals surface area contributed by atoms with E-state index >= 15 is 0 Å². The van der Waals surface area contributed by atoms with Gasteiger partial charge in [-0.2, -0.15) is 0 Å². The molecule has 2 atom stereocenters. The second-order valence-electron chi connectivity index (χ2n) is 5.88. The van der Waals surface area contributed by atoms with Crippen molar-refractivity contribution in [3.63, 3.8) is 0 Å². The van der Waals surface area contributed by atoms with Gasteiger partial charge in [-0.3, -0.25) is 9.69 Å². The first-order chi connectivity index (χ1) is 9.02. The molecule has 1 rings (SSSR count). The Labute approximate surface area is 116 Å². The number of nitrogens with zero attached hydrogens (tertiary/aromatic N) is 1. The summed E-state index contributed by atoms with van der Waals surface area (Å²) in [5, 5.41) is 3.08. The van der Waals surface area contributed by atoms with Gasteiger partial charge in [-0.1, -0.05) is 13.8 Å². The van der Waals surface area contributed by atoms with Crippen LogP contribution in [0.15, 0.2) is 0 Å². The van der Waals surface area contributed by atoms with Gasteiger partial charge in [0.15, 0.2) is 0 Å². The summed E-state index contributed by atoms with van der Waals surface area (Å²) in [7, 11) is 0. The predicted molar refractivity (Wildman–Crippen MR) is 76.9 cm³/mol. The Morgan fingerprint density at radius 2 is 1.95 bits per heavy atom. The van der Waals surface area contributed by atoms with E-state index in [-0.39, 0.29) is 17.9 Å². The number of nitrogens with one attached hydrogen (secondary N) is 1. The molecule has 1 heterocycles. The summed E-state index contributed by atoms with van der Waals surface area (Å²) in [6.45, 7) is 11.1. The molecule has 0 radical (unpaired) electrons. The van der Waals surface area contributed by atoms with Gasteiger partial charge in [-0.05, 0) is 19.3 Å². The molecule has 0 aromatic carbocycles. The monoisotopic (exact) mass is 271 g/mol. The van der Waals surface area contributed by atoms with Gasteiger partial charge in [0.1, 0.15) is 0 Å². The zero-order chi connectivity index (χ0) is 14.3. The minimum Gasteiger partial charge on any atom is -0.379 e. The van der Waals surface area contributed by atoms with Crippen LogP contribution in [0.3, 0.4) is 0 Å². The zero-order valence-electron chi connectivity index (χ0n) is 12.5. The summed E-state index contributed by atoms with van der Waals surface area (Å²) in [4.78, 5) is 14.5. The third-order valence-corrected chi connectivity index (χ3v) is 3.44. The lowest BCUT2D eigenvalue weighted by Crippen LogP contribution is -2.48. The van der Waals surface area contributed by atoms with Crippen LogP contribution in [-0.4, -0.2) is 56.2 Å². The Bertz CT molecular complexity index is 265. The van der Waals surface area contributed by atoms with E-state index in [0.29, 0.717) is 12.5 Å². The van der Waals surface area contributed by atoms with Gasteiger partial charge >= 0.3 is 0 Å². The van der Waals surface area contributed by atoms with E-state index in [2.05, 4.69) is 31.0 Å². The molecule has 5 heteroatoms. The predicted octanol–water partition coefficient (Wildman–Crippen LogP) is 0.444. The Kier molecular flexibility index (Phi) is 7.34. The fourth-order valence-corrected chi connectivity index (χ4v) is 2.46. The lowest BCUT2D eigenvalue weighted by Gasteiger charge is -2.30. The SMILES string of the molecule is CC(C)CC(CN)C(=O)NC(C)CN1CCOCC1. The molecule has 0 saturated carbocycles. The molecule has 0 bridgehead atoms. The molecule has 1 fully saturated rings. The normalized spacial score (nSPS) is 20.3. The van der Waals surface area contributed by atoms with E-state index in [1.54, 1.807) is 0 Å². The highest BCUT2D eigenvalue weighted by molar-refractivity contribution is 5.79. The van der Waals surface area contributed by atoms with Crippen molar-refractivity contribution in [2.75, 3.05) is 39.4 Å². The molecule has 0 aliphatic carbocycles. The average Bonchev–Trinajstić information content (AvgIpc) is 2.36. The number of morpholine rings is 1. The first-order valence-corrected chi connectivity index (χ1v) is 7.33. The molecular weight excluding hydrogens is 242 g/mol. The van der Waals surface area contributed by atoms with Crippen molar-refractivity contribution in [1.29, 1.82) is 0 Å². The van der Waals surface area contributed by atoms with Crippen molar-refractivity contribution in [3.8, 4) is 0 Å². The van der Waals surface area contributed by atoms with Gasteiger partial charge in [-0.15, -0.1) is 0 Å². The maximum atomic E-state index is 12.1. The van der Waals surface area contributed by atoms with E-state index in [1.807, 2.05) is 0 Å². The summed E-state index contributed by atoms with van der Waals surface area (Å²) >= 11 is 0. The fraction of sp³-hybridized carbons (Fsp3) is 0.929. The van der Waals surface area contributed by atoms with Crippen LogP contribution in [0.1, 0.15) is 27.2 Å². The van der Waals surface area contributed by atoms with Crippen LogP contribution >= 0.6 is 0 Å². The van der Waals surface area contributed by atoms with Crippen molar-refractivity contribution in [1.82, 2.24) is 10.2 Å². The number of rotatable bonds is 7. The van der Waals surface area contributed by atoms with E-state index < -0.39 is 0 Å². The van der Waals surface area contributed by atoms with E-state index in [0.717, 1.165) is 39.3 Å². The van der Waals surface area contributed by atoms with Gasteiger partial charge in [0, 0.05) is 32.2 Å². The van der Waals surface area contributed by atoms with Crippen LogP contribution in [-0.2, 0) is 9.53 Å². The smallest absolute Gasteiger partial charge is 0.224 e. The van der Waals surface area contributed by atoms with Crippen LogP contribution in [0.25, 0.3) is 0 Å². The van der Waals surface area contributed by atoms with E-state index in [4.69, 9.17) is 10.5 Å². The zero-order valence-corrected chi connectivity index (χ0v) is 12.5. The molecule has 1 aliphatic rings. The fourth-order valence-electron chi connectivity index (χ4n) is 2.46. The number of ether oxygens (including phenoxy) is 1. The lowest BCUT2D eigenvalue weighted by molar-refractivity contribution is -0.126. The standard InChI is InChI=1S/C14H29N3O2/c1-11(2)8-13(9-15)14(18)16-12(3)10-17-4-6-19-7-5-17/h11-13H,4-10,15H2,1-3H3,(H,16,18). The summed E-state index contributed by atoms with van der Waals surface area (Å²) in [6.07, 6.45) is 0.854. The van der Waals surface area contributed by atoms with Crippen molar-refractivity contribution >= 4 is 5.91 Å². The van der Waals surface area contributed by atoms with Crippen LogP contribution in [0.4, 0.5) is 0 Å². The Balaban J connectivity index is 2.32. The summed E-state index contributed by atoms with van der Waals surface area (Å²) in [5.41, 5.74) is 5.69. The lowest BCUT2D eigenvalue weighted by atomic mass is 9.96. The third kappa shape index (κ3) is 6.36. The van der Waals surface area contributed by atoms with Gasteiger partial charge in [0.05, 0.1) is 19.1 Å². The number of carbonyl (C=O) groups excluding carboxylic acids is 1. The first-order valence-electron chi connectivity index (χ1n) is 7.33. The van der Waals surface area contributed by atoms with Crippen LogP contribution in [0.2, 0.25) is 0 Å². The van der Waals surface area contributed by atoms with Gasteiger partial charge in [0.25, 0.3) is 0 Å². The van der Waals surface area contributed by atoms with Gasteiger partial charge in [0.2, 0.25) is 5.91 Å². The number of hydrogen-bond donors (Lipinski definition) is 2. The van der Waals surface area contributed by atoms with Crippen molar-refractivity contribution in [2.45, 2.75) is 33.2 Å². The molecule has 0 aromatic rings. The molecule has 19 heavy (non-hydrogen) atoms. The van der Waals surface area contributed by atoms with Crippen molar-refractivity contribution < 1.29 is 9.53 Å². The number of amides is 1. The van der Waals surface area contributed by atoms with Crippen LogP contribution in [0, 0.1) is 11.8 Å². The Morgan fingerprint density at radius 3 is 2.47 bits per heavy atom. The summed E-state index contributed by atoms with van der Waals surface area (Å²) in [5.74, 6) is 0.526. The summed E-state index contributed by atoms with van der Waals surface area (Å²) in [6, 6.07) is 0.159. The highest BCUT2D eigenvalue weighted by Gasteiger charge is 2.21. The second-order valence-corrected chi connectivity index (χ2v) is 5.88. The Morgan fingerprint density at radius 1 is 1.32 bits per heavy atom. The minimum atomic E-state index is -0.0628. The molecule has 0 aromatic heterocycles.